The van der Waals surface area contributed by atoms with E-state index in [1.165, 1.54) is 19.2 Å². The molecule has 0 bridgehead atoms. The van der Waals surface area contributed by atoms with Gasteiger partial charge in [0.25, 0.3) is 0 Å². The van der Waals surface area contributed by atoms with E-state index >= 15 is 0 Å². The Morgan fingerprint density at radius 1 is 1.00 bits per heavy atom. The Bertz CT molecular complexity index is 681. The van der Waals surface area contributed by atoms with Crippen molar-refractivity contribution in [3.8, 4) is 17.2 Å². The van der Waals surface area contributed by atoms with Crippen molar-refractivity contribution in [3.05, 3.63) is 54.1 Å². The average molecular weight is 340 g/mol. The Kier molecular flexibility index (Phi) is 5.68. The maximum Gasteiger partial charge on any atom is 0.416 e. The Morgan fingerprint density at radius 3 is 2.21 bits per heavy atom. The number of benzene rings is 2. The highest BCUT2D eigenvalue weighted by Crippen LogP contribution is 2.34. The van der Waals surface area contributed by atoms with Gasteiger partial charge in [0.15, 0.2) is 11.5 Å². The molecule has 0 spiro atoms. The topological polar surface area (TPSA) is 44.8 Å². The molecule has 0 heterocycles. The zero-order valence-corrected chi connectivity index (χ0v) is 12.8. The van der Waals surface area contributed by atoms with Crippen LogP contribution in [0.4, 0.5) is 13.2 Å². The fraction of sp³-hybridized carbons (Fsp3) is 0.235. The molecule has 0 aliphatic carbocycles. The van der Waals surface area contributed by atoms with E-state index in [0.717, 1.165) is 12.1 Å². The molecule has 0 amide bonds. The summed E-state index contributed by atoms with van der Waals surface area (Å²) in [6.07, 6.45) is -4.32. The first-order valence-electron chi connectivity index (χ1n) is 7.04. The molecule has 0 radical (unpaired) electrons. The van der Waals surface area contributed by atoms with Crippen molar-refractivity contribution in [2.24, 2.45) is 0 Å². The second-order valence-electron chi connectivity index (χ2n) is 4.75. The summed E-state index contributed by atoms with van der Waals surface area (Å²) in [6.45, 7) is 0.0973. The van der Waals surface area contributed by atoms with Gasteiger partial charge in [-0.3, -0.25) is 4.79 Å². The molecule has 128 valence electrons. The second kappa shape index (κ2) is 7.72. The highest BCUT2D eigenvalue weighted by atomic mass is 19.4. The van der Waals surface area contributed by atoms with Crippen LogP contribution in [0.3, 0.4) is 0 Å². The lowest BCUT2D eigenvalue weighted by molar-refractivity contribution is -0.141. The lowest BCUT2D eigenvalue weighted by Gasteiger charge is -2.13. The van der Waals surface area contributed by atoms with Crippen molar-refractivity contribution in [3.63, 3.8) is 0 Å². The van der Waals surface area contributed by atoms with Crippen LogP contribution in [0.5, 0.6) is 17.2 Å². The predicted molar refractivity (Wildman–Crippen MR) is 80.1 cm³/mol. The largest absolute Gasteiger partial charge is 0.489 e. The van der Waals surface area contributed by atoms with Crippen LogP contribution in [-0.4, -0.2) is 19.7 Å². The fourth-order valence-electron chi connectivity index (χ4n) is 1.84. The molecular weight excluding hydrogens is 325 g/mol. The SMILES string of the molecule is COC(=O)CCOc1ccccc1Oc1ccc(C(F)(F)F)cc1. The lowest BCUT2D eigenvalue weighted by atomic mass is 10.2. The third kappa shape index (κ3) is 4.91. The number of alkyl halides is 3. The summed E-state index contributed by atoms with van der Waals surface area (Å²) in [4.78, 5) is 11.1. The number of halogens is 3. The fourth-order valence-corrected chi connectivity index (χ4v) is 1.84. The summed E-state index contributed by atoms with van der Waals surface area (Å²) in [5, 5.41) is 0. The molecule has 2 aromatic rings. The molecule has 4 nitrogen and oxygen atoms in total. The van der Waals surface area contributed by atoms with Crippen molar-refractivity contribution < 1.29 is 32.2 Å². The molecule has 0 N–H and O–H groups in total. The van der Waals surface area contributed by atoms with Crippen molar-refractivity contribution in [2.45, 2.75) is 12.6 Å². The van der Waals surface area contributed by atoms with Gasteiger partial charge < -0.3 is 14.2 Å². The minimum Gasteiger partial charge on any atom is -0.489 e. The van der Waals surface area contributed by atoms with Crippen LogP contribution < -0.4 is 9.47 Å². The molecule has 0 unspecified atom stereocenters. The van der Waals surface area contributed by atoms with Gasteiger partial charge in [0, 0.05) is 0 Å². The Morgan fingerprint density at radius 2 is 1.62 bits per heavy atom. The highest BCUT2D eigenvalue weighted by molar-refractivity contribution is 5.69. The second-order valence-corrected chi connectivity index (χ2v) is 4.75. The van der Waals surface area contributed by atoms with E-state index < -0.39 is 17.7 Å². The van der Waals surface area contributed by atoms with Crippen LogP contribution in [0.25, 0.3) is 0 Å². The quantitative estimate of drug-likeness (QED) is 0.729. The van der Waals surface area contributed by atoms with E-state index in [2.05, 4.69) is 4.74 Å². The molecule has 0 aromatic heterocycles. The molecule has 0 saturated carbocycles. The van der Waals surface area contributed by atoms with Crippen LogP contribution in [0.15, 0.2) is 48.5 Å². The third-order valence-corrected chi connectivity index (χ3v) is 3.05. The van der Waals surface area contributed by atoms with Crippen LogP contribution >= 0.6 is 0 Å². The van der Waals surface area contributed by atoms with Crippen molar-refractivity contribution in [1.82, 2.24) is 0 Å². The van der Waals surface area contributed by atoms with E-state index in [0.29, 0.717) is 11.5 Å². The molecule has 0 aliphatic rings. The van der Waals surface area contributed by atoms with Crippen molar-refractivity contribution in [2.75, 3.05) is 13.7 Å². The van der Waals surface area contributed by atoms with E-state index in [4.69, 9.17) is 9.47 Å². The Hall–Kier alpha value is -2.70. The third-order valence-electron chi connectivity index (χ3n) is 3.05. The normalized spacial score (nSPS) is 11.0. The van der Waals surface area contributed by atoms with Crippen molar-refractivity contribution >= 4 is 5.97 Å². The summed E-state index contributed by atoms with van der Waals surface area (Å²) < 4.78 is 53.2. The molecule has 0 saturated heterocycles. The smallest absolute Gasteiger partial charge is 0.416 e. The van der Waals surface area contributed by atoms with Gasteiger partial charge in [-0.1, -0.05) is 12.1 Å². The predicted octanol–water partition coefficient (Wildman–Crippen LogP) is 4.44. The highest BCUT2D eigenvalue weighted by Gasteiger charge is 2.30. The number of hydrogen-bond acceptors (Lipinski definition) is 4. The van der Waals surface area contributed by atoms with Crippen molar-refractivity contribution in [1.29, 1.82) is 0 Å². The maximum atomic E-state index is 12.5. The van der Waals surface area contributed by atoms with Crippen LogP contribution in [0.2, 0.25) is 0 Å². The van der Waals surface area contributed by atoms with E-state index in [1.807, 2.05) is 0 Å². The zero-order valence-electron chi connectivity index (χ0n) is 12.8. The number of ether oxygens (including phenoxy) is 3. The zero-order chi connectivity index (χ0) is 17.6. The van der Waals surface area contributed by atoms with Crippen LogP contribution in [-0.2, 0) is 15.7 Å². The van der Waals surface area contributed by atoms with Crippen LogP contribution in [0, 0.1) is 0 Å². The molecular formula is C17H15F3O4. The number of para-hydroxylation sites is 2. The first-order chi connectivity index (χ1) is 11.4. The maximum absolute atomic E-state index is 12.5. The van der Waals surface area contributed by atoms with Gasteiger partial charge in [-0.15, -0.1) is 0 Å². The summed E-state index contributed by atoms with van der Waals surface area (Å²) in [7, 11) is 1.28. The number of hydrogen-bond donors (Lipinski definition) is 0. The molecule has 0 aliphatic heterocycles. The molecule has 0 atom stereocenters. The minimum atomic E-state index is -4.40. The number of carbonyl (C=O) groups is 1. The first kappa shape index (κ1) is 17.7. The van der Waals surface area contributed by atoms with Gasteiger partial charge in [-0.25, -0.2) is 0 Å². The van der Waals surface area contributed by atoms with Gasteiger partial charge >= 0.3 is 12.1 Å². The van der Waals surface area contributed by atoms with Gasteiger partial charge in [0.1, 0.15) is 5.75 Å². The number of carbonyl (C=O) groups excluding carboxylic acids is 1. The van der Waals surface area contributed by atoms with Gasteiger partial charge in [0.2, 0.25) is 0 Å². The van der Waals surface area contributed by atoms with Gasteiger partial charge in [0.05, 0.1) is 25.7 Å². The summed E-state index contributed by atoms with van der Waals surface area (Å²) >= 11 is 0. The summed E-state index contributed by atoms with van der Waals surface area (Å²) in [5.41, 5.74) is -0.752. The minimum absolute atomic E-state index is 0.0745. The summed E-state index contributed by atoms with van der Waals surface area (Å²) in [6, 6.07) is 11.0. The van der Waals surface area contributed by atoms with Crippen LogP contribution in [0.1, 0.15) is 12.0 Å². The van der Waals surface area contributed by atoms with E-state index in [9.17, 15) is 18.0 Å². The molecule has 0 fully saturated rings. The number of methoxy groups -OCH3 is 1. The van der Waals surface area contributed by atoms with Gasteiger partial charge in [-0.05, 0) is 36.4 Å². The Labute approximate surface area is 136 Å². The monoisotopic (exact) mass is 340 g/mol. The average Bonchev–Trinajstić information content (AvgIpc) is 2.56. The molecule has 2 aromatic carbocycles. The molecule has 24 heavy (non-hydrogen) atoms. The van der Waals surface area contributed by atoms with E-state index in [-0.39, 0.29) is 18.8 Å². The van der Waals surface area contributed by atoms with Gasteiger partial charge in [-0.2, -0.15) is 13.2 Å². The lowest BCUT2D eigenvalue weighted by Crippen LogP contribution is -2.08. The number of esters is 1. The molecule has 2 rings (SSSR count). The standard InChI is InChI=1S/C17H15F3O4/c1-22-16(21)10-11-23-14-4-2-3-5-15(14)24-13-8-6-12(7-9-13)17(18,19)20/h2-9H,10-11H2,1H3. The molecule has 7 heteroatoms. The summed E-state index contributed by atoms with van der Waals surface area (Å²) in [5.74, 6) is 0.548. The first-order valence-corrected chi connectivity index (χ1v) is 7.04. The number of rotatable bonds is 6. The van der Waals surface area contributed by atoms with E-state index in [1.54, 1.807) is 24.3 Å². The Balaban J connectivity index is 2.05.